The second-order valence-corrected chi connectivity index (χ2v) is 7.91. The van der Waals surface area contributed by atoms with Crippen molar-refractivity contribution >= 4 is 23.5 Å². The molecule has 0 aromatic heterocycles. The van der Waals surface area contributed by atoms with Gasteiger partial charge in [-0.1, -0.05) is 43.0 Å². The third kappa shape index (κ3) is 3.90. The number of nitrogens with zero attached hydrogens (tertiary/aromatic N) is 1. The summed E-state index contributed by atoms with van der Waals surface area (Å²) in [5, 5.41) is 0.682. The molecule has 0 radical (unpaired) electrons. The number of hydrogen-bond donors (Lipinski definition) is 0. The van der Waals surface area contributed by atoms with Crippen molar-refractivity contribution in [1.29, 1.82) is 0 Å². The maximum atomic E-state index is 13.6. The second-order valence-electron chi connectivity index (χ2n) is 7.47. The van der Waals surface area contributed by atoms with E-state index >= 15 is 0 Å². The molecule has 0 unspecified atom stereocenters. The van der Waals surface area contributed by atoms with Crippen molar-refractivity contribution in [3.05, 3.63) is 34.9 Å². The van der Waals surface area contributed by atoms with Gasteiger partial charge in [-0.3, -0.25) is 9.59 Å². The molecule has 0 spiro atoms. The number of halogens is 1. The molecule has 0 N–H and O–H groups in total. The summed E-state index contributed by atoms with van der Waals surface area (Å²) in [6.45, 7) is 3.50. The van der Waals surface area contributed by atoms with E-state index in [9.17, 15) is 9.59 Å². The van der Waals surface area contributed by atoms with Crippen LogP contribution in [0.5, 0.6) is 0 Å². The first kappa shape index (κ1) is 19.2. The van der Waals surface area contributed by atoms with Gasteiger partial charge in [-0.05, 0) is 50.3 Å². The van der Waals surface area contributed by atoms with Gasteiger partial charge in [0.2, 0.25) is 5.91 Å². The SMILES string of the molecule is CCOC(=O)C1CCN(C(=O)C2(c3cccc(Cl)c3)CCCCC2)CC1. The van der Waals surface area contributed by atoms with E-state index in [0.717, 1.165) is 31.2 Å². The molecule has 2 aliphatic rings. The molecule has 1 amide bonds. The smallest absolute Gasteiger partial charge is 0.309 e. The van der Waals surface area contributed by atoms with Crippen LogP contribution in [-0.4, -0.2) is 36.5 Å². The van der Waals surface area contributed by atoms with Gasteiger partial charge < -0.3 is 9.64 Å². The highest BCUT2D eigenvalue weighted by Gasteiger charge is 2.44. The fraction of sp³-hybridized carbons (Fsp3) is 0.619. The lowest BCUT2D eigenvalue weighted by atomic mass is 9.68. The van der Waals surface area contributed by atoms with Gasteiger partial charge in [-0.25, -0.2) is 0 Å². The highest BCUT2D eigenvalue weighted by atomic mass is 35.5. The topological polar surface area (TPSA) is 46.6 Å². The number of carbonyl (C=O) groups is 2. The molecule has 3 rings (SSSR count). The number of amides is 1. The van der Waals surface area contributed by atoms with E-state index in [1.807, 2.05) is 36.1 Å². The maximum Gasteiger partial charge on any atom is 0.309 e. The zero-order valence-corrected chi connectivity index (χ0v) is 16.3. The van der Waals surface area contributed by atoms with E-state index in [1.54, 1.807) is 0 Å². The second kappa shape index (κ2) is 8.43. The Morgan fingerprint density at radius 2 is 1.88 bits per heavy atom. The van der Waals surface area contributed by atoms with E-state index in [1.165, 1.54) is 6.42 Å². The molecule has 1 aromatic rings. The molecular formula is C21H28ClNO3. The lowest BCUT2D eigenvalue weighted by Gasteiger charge is -2.42. The van der Waals surface area contributed by atoms with Crippen molar-refractivity contribution in [3.63, 3.8) is 0 Å². The molecule has 0 bridgehead atoms. The quantitative estimate of drug-likeness (QED) is 0.733. The van der Waals surface area contributed by atoms with Crippen LogP contribution in [0.2, 0.25) is 5.02 Å². The number of hydrogen-bond acceptors (Lipinski definition) is 3. The minimum Gasteiger partial charge on any atom is -0.466 e. The van der Waals surface area contributed by atoms with Gasteiger partial charge in [0.25, 0.3) is 0 Å². The first-order valence-corrected chi connectivity index (χ1v) is 10.2. The molecule has 142 valence electrons. The molecule has 26 heavy (non-hydrogen) atoms. The Hall–Kier alpha value is -1.55. The van der Waals surface area contributed by atoms with Crippen LogP contribution < -0.4 is 0 Å². The average Bonchev–Trinajstić information content (AvgIpc) is 2.68. The third-order valence-corrected chi connectivity index (χ3v) is 6.13. The van der Waals surface area contributed by atoms with Crippen molar-refractivity contribution in [2.45, 2.75) is 57.3 Å². The minimum absolute atomic E-state index is 0.0764. The molecule has 1 aliphatic heterocycles. The summed E-state index contributed by atoms with van der Waals surface area (Å²) in [7, 11) is 0. The van der Waals surface area contributed by atoms with Crippen molar-refractivity contribution in [2.24, 2.45) is 5.92 Å². The zero-order chi connectivity index (χ0) is 18.6. The number of carbonyl (C=O) groups excluding carboxylic acids is 2. The predicted molar refractivity (Wildman–Crippen MR) is 102 cm³/mol. The Kier molecular flexibility index (Phi) is 6.23. The van der Waals surface area contributed by atoms with Gasteiger partial charge in [0.15, 0.2) is 0 Å². The van der Waals surface area contributed by atoms with E-state index in [0.29, 0.717) is 37.6 Å². The lowest BCUT2D eigenvalue weighted by molar-refractivity contribution is -0.152. The van der Waals surface area contributed by atoms with Gasteiger partial charge in [0, 0.05) is 18.1 Å². The molecule has 1 saturated heterocycles. The molecule has 1 aromatic carbocycles. The Bertz CT molecular complexity index is 646. The first-order valence-electron chi connectivity index (χ1n) is 9.79. The highest BCUT2D eigenvalue weighted by Crippen LogP contribution is 2.42. The molecule has 5 heteroatoms. The third-order valence-electron chi connectivity index (χ3n) is 5.90. The van der Waals surface area contributed by atoms with E-state index in [4.69, 9.17) is 16.3 Å². The normalized spacial score (nSPS) is 20.6. The standard InChI is InChI=1S/C21H28ClNO3/c1-2-26-19(24)16-9-13-23(14-10-16)20(25)21(11-4-3-5-12-21)17-7-6-8-18(22)15-17/h6-8,15-16H,2-5,9-14H2,1H3. The Labute approximate surface area is 160 Å². The zero-order valence-electron chi connectivity index (χ0n) is 15.5. The van der Waals surface area contributed by atoms with Crippen LogP contribution >= 0.6 is 11.6 Å². The van der Waals surface area contributed by atoms with Crippen LogP contribution in [0.1, 0.15) is 57.4 Å². The molecular weight excluding hydrogens is 350 g/mol. The fourth-order valence-electron chi connectivity index (χ4n) is 4.45. The summed E-state index contributed by atoms with van der Waals surface area (Å²) in [5.41, 5.74) is 0.585. The number of esters is 1. The molecule has 2 fully saturated rings. The highest BCUT2D eigenvalue weighted by molar-refractivity contribution is 6.30. The Balaban J connectivity index is 1.76. The number of likely N-dealkylation sites (tertiary alicyclic amines) is 1. The first-order chi connectivity index (χ1) is 12.6. The van der Waals surface area contributed by atoms with Gasteiger partial charge in [-0.15, -0.1) is 0 Å². The van der Waals surface area contributed by atoms with Gasteiger partial charge in [0.1, 0.15) is 0 Å². The summed E-state index contributed by atoms with van der Waals surface area (Å²) in [6, 6.07) is 7.79. The summed E-state index contributed by atoms with van der Waals surface area (Å²) in [5.74, 6) is 0.0103. The fourth-order valence-corrected chi connectivity index (χ4v) is 4.64. The van der Waals surface area contributed by atoms with Crippen LogP contribution in [0, 0.1) is 5.92 Å². The van der Waals surface area contributed by atoms with Gasteiger partial charge in [0.05, 0.1) is 17.9 Å². The number of rotatable bonds is 4. The van der Waals surface area contributed by atoms with Crippen molar-refractivity contribution in [3.8, 4) is 0 Å². The maximum absolute atomic E-state index is 13.6. The van der Waals surface area contributed by atoms with Crippen LogP contribution in [0.4, 0.5) is 0 Å². The molecule has 1 aliphatic carbocycles. The van der Waals surface area contributed by atoms with Gasteiger partial charge in [-0.2, -0.15) is 0 Å². The summed E-state index contributed by atoms with van der Waals surface area (Å²) in [6.07, 6.45) is 6.45. The van der Waals surface area contributed by atoms with Crippen molar-refractivity contribution in [1.82, 2.24) is 4.90 Å². The van der Waals surface area contributed by atoms with Gasteiger partial charge >= 0.3 is 5.97 Å². The lowest BCUT2D eigenvalue weighted by Crippen LogP contribution is -2.51. The Morgan fingerprint density at radius 1 is 1.19 bits per heavy atom. The monoisotopic (exact) mass is 377 g/mol. The number of piperidine rings is 1. The minimum atomic E-state index is -0.458. The van der Waals surface area contributed by atoms with E-state index < -0.39 is 5.41 Å². The van der Waals surface area contributed by atoms with Crippen LogP contribution in [0.25, 0.3) is 0 Å². The predicted octanol–water partition coefficient (Wildman–Crippen LogP) is 4.34. The Morgan fingerprint density at radius 3 is 2.50 bits per heavy atom. The average molecular weight is 378 g/mol. The summed E-state index contributed by atoms with van der Waals surface area (Å²) >= 11 is 6.22. The summed E-state index contributed by atoms with van der Waals surface area (Å²) in [4.78, 5) is 27.5. The summed E-state index contributed by atoms with van der Waals surface area (Å²) < 4.78 is 5.14. The van der Waals surface area contributed by atoms with Crippen molar-refractivity contribution < 1.29 is 14.3 Å². The number of ether oxygens (including phenoxy) is 1. The number of benzene rings is 1. The van der Waals surface area contributed by atoms with Crippen LogP contribution in [0.15, 0.2) is 24.3 Å². The van der Waals surface area contributed by atoms with E-state index in [2.05, 4.69) is 0 Å². The van der Waals surface area contributed by atoms with Crippen LogP contribution in [0.3, 0.4) is 0 Å². The molecule has 0 atom stereocenters. The molecule has 1 saturated carbocycles. The van der Waals surface area contributed by atoms with E-state index in [-0.39, 0.29) is 17.8 Å². The van der Waals surface area contributed by atoms with Crippen molar-refractivity contribution in [2.75, 3.05) is 19.7 Å². The molecule has 1 heterocycles. The van der Waals surface area contributed by atoms with Crippen LogP contribution in [-0.2, 0) is 19.7 Å². The largest absolute Gasteiger partial charge is 0.466 e. The molecule has 4 nitrogen and oxygen atoms in total.